The zero-order valence-corrected chi connectivity index (χ0v) is 19.1. The van der Waals surface area contributed by atoms with Gasteiger partial charge in [-0.05, 0) is 73.5 Å². The summed E-state index contributed by atoms with van der Waals surface area (Å²) in [6, 6.07) is 17.5. The van der Waals surface area contributed by atoms with Crippen molar-refractivity contribution in [2.45, 2.75) is 13.8 Å². The van der Waals surface area contributed by atoms with Gasteiger partial charge in [0.05, 0.1) is 29.1 Å². The maximum absolute atomic E-state index is 12.6. The minimum atomic E-state index is -0.639. The Morgan fingerprint density at radius 1 is 0.857 bits per heavy atom. The number of fused-ring (bicyclic) bond motifs is 1. The van der Waals surface area contributed by atoms with Crippen molar-refractivity contribution in [1.82, 2.24) is 9.97 Å². The first-order valence-corrected chi connectivity index (χ1v) is 10.9. The summed E-state index contributed by atoms with van der Waals surface area (Å²) in [6.07, 6.45) is 3.10. The van der Waals surface area contributed by atoms with Gasteiger partial charge in [0.15, 0.2) is 18.1 Å². The van der Waals surface area contributed by atoms with Crippen LogP contribution in [-0.2, 0) is 9.53 Å². The van der Waals surface area contributed by atoms with Crippen molar-refractivity contribution in [2.24, 2.45) is 0 Å². The number of amides is 1. The first-order chi connectivity index (χ1) is 17.0. The van der Waals surface area contributed by atoms with E-state index >= 15 is 0 Å². The van der Waals surface area contributed by atoms with Crippen LogP contribution in [0.15, 0.2) is 82.0 Å². The van der Waals surface area contributed by atoms with Crippen LogP contribution in [0.5, 0.6) is 0 Å². The molecule has 0 aliphatic carbocycles. The number of esters is 1. The molecule has 3 aromatic heterocycles. The Morgan fingerprint density at radius 2 is 1.54 bits per heavy atom. The van der Waals surface area contributed by atoms with Gasteiger partial charge in [0.2, 0.25) is 0 Å². The van der Waals surface area contributed by atoms with E-state index in [2.05, 4.69) is 15.3 Å². The second-order valence-electron chi connectivity index (χ2n) is 7.95. The van der Waals surface area contributed by atoms with Gasteiger partial charge in [0, 0.05) is 5.69 Å². The molecule has 0 aliphatic rings. The number of hydrogen-bond acceptors (Lipinski definition) is 7. The van der Waals surface area contributed by atoms with E-state index in [1.54, 1.807) is 61.1 Å². The van der Waals surface area contributed by atoms with Crippen molar-refractivity contribution in [2.75, 3.05) is 11.9 Å². The minimum absolute atomic E-state index is 0.252. The Bertz CT molecular complexity index is 1520. The quantitative estimate of drug-likeness (QED) is 0.326. The number of rotatable bonds is 6. The van der Waals surface area contributed by atoms with Gasteiger partial charge in [-0.3, -0.25) is 4.79 Å². The number of nitrogens with zero attached hydrogens (tertiary/aromatic N) is 2. The fourth-order valence-corrected chi connectivity index (χ4v) is 3.64. The molecule has 1 amide bonds. The van der Waals surface area contributed by atoms with Gasteiger partial charge in [0.25, 0.3) is 5.91 Å². The van der Waals surface area contributed by atoms with Gasteiger partial charge in [-0.15, -0.1) is 0 Å². The largest absolute Gasteiger partial charge is 0.463 e. The highest BCUT2D eigenvalue weighted by Gasteiger charge is 2.19. The Balaban J connectivity index is 1.37. The molecule has 8 nitrogen and oxygen atoms in total. The second-order valence-corrected chi connectivity index (χ2v) is 7.95. The number of benzene rings is 2. The van der Waals surface area contributed by atoms with E-state index < -0.39 is 18.5 Å². The Labute approximate surface area is 200 Å². The van der Waals surface area contributed by atoms with E-state index in [1.165, 1.54) is 0 Å². The van der Waals surface area contributed by atoms with Gasteiger partial charge < -0.3 is 18.9 Å². The van der Waals surface area contributed by atoms with Crippen LogP contribution in [0.4, 0.5) is 5.69 Å². The first-order valence-electron chi connectivity index (χ1n) is 10.9. The van der Waals surface area contributed by atoms with Crippen molar-refractivity contribution in [1.29, 1.82) is 0 Å². The summed E-state index contributed by atoms with van der Waals surface area (Å²) in [4.78, 5) is 34.3. The van der Waals surface area contributed by atoms with E-state index in [4.69, 9.17) is 13.6 Å². The summed E-state index contributed by atoms with van der Waals surface area (Å²) in [5.41, 5.74) is 5.00. The molecule has 2 aromatic carbocycles. The molecule has 0 saturated heterocycles. The smallest absolute Gasteiger partial charge is 0.338 e. The third kappa shape index (κ3) is 4.54. The fraction of sp³-hybridized carbons (Fsp3) is 0.111. The topological polar surface area (TPSA) is 107 Å². The van der Waals surface area contributed by atoms with Crippen LogP contribution in [0.2, 0.25) is 0 Å². The fourth-order valence-electron chi connectivity index (χ4n) is 3.64. The molecular formula is C27H21N3O5. The van der Waals surface area contributed by atoms with Crippen molar-refractivity contribution >= 4 is 28.6 Å². The number of furan rings is 2. The SMILES string of the molecule is Cc1cccc(NC(=O)COC(=O)c2ccc3nc(-c4ccco4)c(-c4ccco4)nc3c2)c1C. The molecule has 5 rings (SSSR count). The molecule has 0 spiro atoms. The Hall–Kier alpha value is -4.72. The zero-order valence-electron chi connectivity index (χ0n) is 19.1. The minimum Gasteiger partial charge on any atom is -0.463 e. The van der Waals surface area contributed by atoms with Gasteiger partial charge in [-0.1, -0.05) is 12.1 Å². The lowest BCUT2D eigenvalue weighted by Crippen LogP contribution is -2.21. The van der Waals surface area contributed by atoms with E-state index in [-0.39, 0.29) is 5.56 Å². The first kappa shape index (κ1) is 22.1. The molecule has 0 bridgehead atoms. The van der Waals surface area contributed by atoms with Crippen molar-refractivity contribution in [3.05, 3.63) is 89.9 Å². The number of carbonyl (C=O) groups is 2. The molecule has 0 atom stereocenters. The van der Waals surface area contributed by atoms with E-state index in [1.807, 2.05) is 26.0 Å². The van der Waals surface area contributed by atoms with Gasteiger partial charge in [-0.25, -0.2) is 14.8 Å². The highest BCUT2D eigenvalue weighted by Crippen LogP contribution is 2.31. The molecule has 1 N–H and O–H groups in total. The van der Waals surface area contributed by atoms with Gasteiger partial charge in [-0.2, -0.15) is 0 Å². The number of nitrogens with one attached hydrogen (secondary N) is 1. The third-order valence-electron chi connectivity index (χ3n) is 5.62. The van der Waals surface area contributed by atoms with E-state index in [0.717, 1.165) is 11.1 Å². The average Bonchev–Trinajstić information content (AvgIpc) is 3.59. The predicted molar refractivity (Wildman–Crippen MR) is 130 cm³/mol. The maximum atomic E-state index is 12.6. The van der Waals surface area contributed by atoms with Crippen LogP contribution in [0, 0.1) is 13.8 Å². The lowest BCUT2D eigenvalue weighted by Gasteiger charge is -2.11. The van der Waals surface area contributed by atoms with E-state index in [9.17, 15) is 9.59 Å². The molecule has 0 aliphatic heterocycles. The highest BCUT2D eigenvalue weighted by molar-refractivity contribution is 5.98. The molecule has 0 radical (unpaired) electrons. The molecular weight excluding hydrogens is 446 g/mol. The lowest BCUT2D eigenvalue weighted by atomic mass is 10.1. The highest BCUT2D eigenvalue weighted by atomic mass is 16.5. The third-order valence-corrected chi connectivity index (χ3v) is 5.62. The molecule has 0 unspecified atom stereocenters. The predicted octanol–water partition coefficient (Wildman–Crippen LogP) is 5.56. The second kappa shape index (κ2) is 9.26. The molecule has 0 fully saturated rings. The zero-order chi connectivity index (χ0) is 24.4. The van der Waals surface area contributed by atoms with Crippen LogP contribution in [0.25, 0.3) is 33.9 Å². The average molecular weight is 467 g/mol. The van der Waals surface area contributed by atoms with Crippen LogP contribution < -0.4 is 5.32 Å². The number of hydrogen-bond donors (Lipinski definition) is 1. The number of anilines is 1. The Kier molecular flexibility index (Phi) is 5.85. The number of aromatic nitrogens is 2. The summed E-state index contributed by atoms with van der Waals surface area (Å²) in [5, 5.41) is 2.77. The number of ether oxygens (including phenoxy) is 1. The maximum Gasteiger partial charge on any atom is 0.338 e. The monoisotopic (exact) mass is 467 g/mol. The van der Waals surface area contributed by atoms with Crippen molar-refractivity contribution in [3.8, 4) is 22.9 Å². The van der Waals surface area contributed by atoms with Crippen molar-refractivity contribution in [3.63, 3.8) is 0 Å². The summed E-state index contributed by atoms with van der Waals surface area (Å²) in [7, 11) is 0. The van der Waals surface area contributed by atoms with Crippen LogP contribution in [0.1, 0.15) is 21.5 Å². The molecule has 5 aromatic rings. The van der Waals surface area contributed by atoms with Gasteiger partial charge >= 0.3 is 5.97 Å². The summed E-state index contributed by atoms with van der Waals surface area (Å²) < 4.78 is 16.3. The summed E-state index contributed by atoms with van der Waals surface area (Å²) >= 11 is 0. The molecule has 0 saturated carbocycles. The van der Waals surface area contributed by atoms with E-state index in [0.29, 0.717) is 39.6 Å². The lowest BCUT2D eigenvalue weighted by molar-refractivity contribution is -0.119. The summed E-state index contributed by atoms with van der Waals surface area (Å²) in [5.74, 6) is 0.00124. The van der Waals surface area contributed by atoms with Crippen LogP contribution in [-0.4, -0.2) is 28.5 Å². The normalized spacial score (nSPS) is 10.9. The molecule has 3 heterocycles. The molecule has 174 valence electrons. The number of carbonyl (C=O) groups excluding carboxylic acids is 2. The van der Waals surface area contributed by atoms with Crippen molar-refractivity contribution < 1.29 is 23.2 Å². The molecule has 8 heteroatoms. The summed E-state index contributed by atoms with van der Waals surface area (Å²) in [6.45, 7) is 3.47. The standard InChI is InChI=1S/C27H21N3O5/c1-16-6-3-7-19(17(16)2)28-24(31)15-35-27(32)18-10-11-20-21(14-18)30-26(23-9-5-13-34-23)25(29-20)22-8-4-12-33-22/h3-14H,15H2,1-2H3,(H,28,31). The van der Waals surface area contributed by atoms with Crippen LogP contribution >= 0.6 is 0 Å². The van der Waals surface area contributed by atoms with Gasteiger partial charge in [0.1, 0.15) is 11.4 Å². The Morgan fingerprint density at radius 3 is 2.20 bits per heavy atom. The van der Waals surface area contributed by atoms with Crippen LogP contribution in [0.3, 0.4) is 0 Å². The molecule has 35 heavy (non-hydrogen) atoms. The number of aryl methyl sites for hydroxylation is 1.